The minimum atomic E-state index is -5.01. The topological polar surface area (TPSA) is 33.2 Å². The fraction of sp³-hybridized carbons (Fsp3) is 0.571. The van der Waals surface area contributed by atoms with Gasteiger partial charge in [-0.15, -0.1) is 0 Å². The van der Waals surface area contributed by atoms with Crippen molar-refractivity contribution >= 4 is 11.6 Å². The fourth-order valence-electron chi connectivity index (χ4n) is 2.73. The van der Waals surface area contributed by atoms with Gasteiger partial charge >= 0.3 is 12.4 Å². The van der Waals surface area contributed by atoms with Crippen LogP contribution in [-0.4, -0.2) is 22.9 Å². The number of carbonyl (C=O) groups excluding carboxylic acids is 1. The van der Waals surface area contributed by atoms with Crippen molar-refractivity contribution in [2.75, 3.05) is 4.90 Å². The van der Waals surface area contributed by atoms with Crippen LogP contribution in [0.4, 0.5) is 32.2 Å². The summed E-state index contributed by atoms with van der Waals surface area (Å²) < 4.78 is 77.3. The van der Waals surface area contributed by atoms with Crippen LogP contribution in [0.2, 0.25) is 0 Å². The summed E-state index contributed by atoms with van der Waals surface area (Å²) in [4.78, 5) is 16.2. The number of pyridine rings is 1. The van der Waals surface area contributed by atoms with Crippen LogP contribution in [0.15, 0.2) is 12.1 Å². The van der Waals surface area contributed by atoms with E-state index in [0.29, 0.717) is 18.9 Å². The molecule has 3 nitrogen and oxygen atoms in total. The van der Waals surface area contributed by atoms with E-state index in [2.05, 4.69) is 4.98 Å². The van der Waals surface area contributed by atoms with Gasteiger partial charge in [-0.1, -0.05) is 0 Å². The van der Waals surface area contributed by atoms with Gasteiger partial charge in [0.15, 0.2) is 5.78 Å². The molecule has 1 aromatic heterocycles. The van der Waals surface area contributed by atoms with Gasteiger partial charge in [0, 0.05) is 6.04 Å². The van der Waals surface area contributed by atoms with E-state index in [1.54, 1.807) is 6.92 Å². The van der Waals surface area contributed by atoms with Crippen LogP contribution in [0.3, 0.4) is 0 Å². The average molecular weight is 340 g/mol. The molecule has 0 aromatic carbocycles. The van der Waals surface area contributed by atoms with Crippen LogP contribution in [0, 0.1) is 0 Å². The zero-order valence-corrected chi connectivity index (χ0v) is 12.3. The molecule has 0 saturated carbocycles. The first-order chi connectivity index (χ1) is 10.4. The maximum absolute atomic E-state index is 12.9. The molecular weight excluding hydrogens is 326 g/mol. The van der Waals surface area contributed by atoms with Crippen LogP contribution in [0.25, 0.3) is 0 Å². The molecule has 0 bridgehead atoms. The predicted molar refractivity (Wildman–Crippen MR) is 69.9 cm³/mol. The first-order valence-corrected chi connectivity index (χ1v) is 6.86. The number of hydrogen-bond acceptors (Lipinski definition) is 3. The van der Waals surface area contributed by atoms with Crippen LogP contribution in [0.5, 0.6) is 0 Å². The van der Waals surface area contributed by atoms with Crippen molar-refractivity contribution in [2.45, 2.75) is 51.1 Å². The van der Waals surface area contributed by atoms with E-state index in [1.807, 2.05) is 0 Å². The molecule has 1 fully saturated rings. The molecule has 1 saturated heterocycles. The highest BCUT2D eigenvalue weighted by atomic mass is 19.4. The van der Waals surface area contributed by atoms with Gasteiger partial charge in [-0.3, -0.25) is 4.79 Å². The van der Waals surface area contributed by atoms with E-state index in [9.17, 15) is 31.1 Å². The summed E-state index contributed by atoms with van der Waals surface area (Å²) >= 11 is 0. The van der Waals surface area contributed by atoms with E-state index >= 15 is 0 Å². The lowest BCUT2D eigenvalue weighted by Crippen LogP contribution is -2.39. The molecule has 2 atom stereocenters. The number of aromatic nitrogens is 1. The molecule has 2 heterocycles. The molecule has 1 aliphatic rings. The minimum Gasteiger partial charge on any atom is -0.344 e. The van der Waals surface area contributed by atoms with E-state index in [-0.39, 0.29) is 17.9 Å². The van der Waals surface area contributed by atoms with Crippen molar-refractivity contribution < 1.29 is 31.1 Å². The highest BCUT2D eigenvalue weighted by Crippen LogP contribution is 2.38. The van der Waals surface area contributed by atoms with E-state index in [0.717, 1.165) is 0 Å². The zero-order valence-electron chi connectivity index (χ0n) is 12.3. The molecule has 1 aliphatic heterocycles. The van der Waals surface area contributed by atoms with Gasteiger partial charge in [0.1, 0.15) is 11.5 Å². The van der Waals surface area contributed by atoms with Crippen molar-refractivity contribution in [1.29, 1.82) is 0 Å². The third kappa shape index (κ3) is 3.59. The Hall–Kier alpha value is -1.80. The summed E-state index contributed by atoms with van der Waals surface area (Å²) in [5.74, 6) is -0.792. The van der Waals surface area contributed by atoms with E-state index in [1.165, 1.54) is 11.8 Å². The molecule has 0 amide bonds. The second kappa shape index (κ2) is 5.68. The Kier molecular flexibility index (Phi) is 4.34. The maximum atomic E-state index is 12.9. The van der Waals surface area contributed by atoms with Crippen molar-refractivity contribution in [3.05, 3.63) is 23.4 Å². The molecule has 0 spiro atoms. The minimum absolute atomic E-state index is 0.0208. The Balaban J connectivity index is 2.59. The van der Waals surface area contributed by atoms with Gasteiger partial charge in [0.2, 0.25) is 0 Å². The second-order valence-corrected chi connectivity index (χ2v) is 5.55. The molecule has 23 heavy (non-hydrogen) atoms. The predicted octanol–water partition coefficient (Wildman–Crippen LogP) is 4.07. The number of ketones is 1. The lowest BCUT2D eigenvalue weighted by Gasteiger charge is -2.29. The summed E-state index contributed by atoms with van der Waals surface area (Å²) in [6, 6.07) is -0.594. The van der Waals surface area contributed by atoms with E-state index in [4.69, 9.17) is 0 Å². The summed E-state index contributed by atoms with van der Waals surface area (Å²) in [5, 5.41) is 0. The summed E-state index contributed by atoms with van der Waals surface area (Å²) in [6.45, 7) is 2.89. The molecule has 0 radical (unpaired) electrons. The Bertz CT molecular complexity index is 578. The molecule has 9 heteroatoms. The van der Waals surface area contributed by atoms with Crippen LogP contribution in [-0.2, 0) is 17.1 Å². The SMILES string of the molecule is CC(=O)C1CC[C@@H](C)N1c1cc(C(F)(F)F)cc(C(F)(F)F)n1. The monoisotopic (exact) mass is 340 g/mol. The summed E-state index contributed by atoms with van der Waals surface area (Å²) in [5.41, 5.74) is -3.06. The number of rotatable bonds is 2. The molecule has 1 unspecified atom stereocenters. The van der Waals surface area contributed by atoms with Gasteiger partial charge in [0.25, 0.3) is 0 Å². The average Bonchev–Trinajstić information content (AvgIpc) is 2.78. The number of Topliss-reactive ketones (excluding diaryl/α,β-unsaturated/α-hetero) is 1. The Morgan fingerprint density at radius 3 is 2.22 bits per heavy atom. The smallest absolute Gasteiger partial charge is 0.344 e. The van der Waals surface area contributed by atoms with Crippen molar-refractivity contribution in [2.24, 2.45) is 0 Å². The molecule has 0 aliphatic carbocycles. The number of halogens is 6. The number of hydrogen-bond donors (Lipinski definition) is 0. The number of nitrogens with zero attached hydrogens (tertiary/aromatic N) is 2. The molecule has 2 rings (SSSR count). The largest absolute Gasteiger partial charge is 0.433 e. The third-order valence-electron chi connectivity index (χ3n) is 3.83. The molecule has 1 aromatic rings. The van der Waals surface area contributed by atoms with Gasteiger partial charge in [-0.25, -0.2) is 4.98 Å². The van der Waals surface area contributed by atoms with Gasteiger partial charge in [-0.2, -0.15) is 26.3 Å². The quantitative estimate of drug-likeness (QED) is 0.761. The van der Waals surface area contributed by atoms with Crippen LogP contribution < -0.4 is 4.90 Å². The van der Waals surface area contributed by atoms with Gasteiger partial charge in [0.05, 0.1) is 11.6 Å². The van der Waals surface area contributed by atoms with Crippen molar-refractivity contribution in [3.8, 4) is 0 Å². The highest BCUT2D eigenvalue weighted by Gasteiger charge is 2.41. The first kappa shape index (κ1) is 17.6. The zero-order chi connectivity index (χ0) is 17.6. The maximum Gasteiger partial charge on any atom is 0.433 e. The third-order valence-corrected chi connectivity index (χ3v) is 3.83. The normalized spacial score (nSPS) is 22.5. The lowest BCUT2D eigenvalue weighted by molar-refractivity contribution is -0.145. The lowest BCUT2D eigenvalue weighted by atomic mass is 10.1. The van der Waals surface area contributed by atoms with Crippen LogP contribution in [0.1, 0.15) is 37.9 Å². The van der Waals surface area contributed by atoms with E-state index < -0.39 is 35.5 Å². The standard InChI is InChI=1S/C14H14F6N2O/c1-7-3-4-10(8(2)23)22(7)12-6-9(13(15,16)17)5-11(21-12)14(18,19)20/h5-7,10H,3-4H2,1-2H3/t7-,10?/m1/s1. The first-order valence-electron chi connectivity index (χ1n) is 6.86. The molecule has 128 valence electrons. The number of carbonyl (C=O) groups is 1. The summed E-state index contributed by atoms with van der Waals surface area (Å²) in [6.07, 6.45) is -9.09. The second-order valence-electron chi connectivity index (χ2n) is 5.55. The Labute approximate surface area is 128 Å². The number of anilines is 1. The van der Waals surface area contributed by atoms with Crippen molar-refractivity contribution in [3.63, 3.8) is 0 Å². The van der Waals surface area contributed by atoms with Gasteiger partial charge in [-0.05, 0) is 38.8 Å². The molecule has 0 N–H and O–H groups in total. The highest BCUT2D eigenvalue weighted by molar-refractivity contribution is 5.85. The summed E-state index contributed by atoms with van der Waals surface area (Å²) in [7, 11) is 0. The Morgan fingerprint density at radius 2 is 1.74 bits per heavy atom. The number of alkyl halides is 6. The van der Waals surface area contributed by atoms with Crippen LogP contribution >= 0.6 is 0 Å². The fourth-order valence-corrected chi connectivity index (χ4v) is 2.73. The van der Waals surface area contributed by atoms with Gasteiger partial charge < -0.3 is 4.90 Å². The van der Waals surface area contributed by atoms with Crippen molar-refractivity contribution in [1.82, 2.24) is 4.98 Å². The molecular formula is C14H14F6N2O. The Morgan fingerprint density at radius 1 is 1.13 bits per heavy atom.